The van der Waals surface area contributed by atoms with Crippen LogP contribution in [-0.2, 0) is 0 Å². The zero-order chi connectivity index (χ0) is 8.10. The molecule has 0 atom stereocenters. The number of rotatable bonds is 3. The van der Waals surface area contributed by atoms with Crippen molar-refractivity contribution >= 4 is 18.2 Å². The van der Waals surface area contributed by atoms with Gasteiger partial charge in [0.05, 0.1) is 0 Å². The molecule has 0 radical (unpaired) electrons. The summed E-state index contributed by atoms with van der Waals surface area (Å²) < 4.78 is 0. The first-order valence-corrected chi connectivity index (χ1v) is 3.63. The summed E-state index contributed by atoms with van der Waals surface area (Å²) in [6, 6.07) is 9.20. The van der Waals surface area contributed by atoms with Gasteiger partial charge in [-0.2, -0.15) is 0 Å². The van der Waals surface area contributed by atoms with E-state index < -0.39 is 0 Å². The van der Waals surface area contributed by atoms with E-state index in [0.29, 0.717) is 13.0 Å². The lowest BCUT2D eigenvalue weighted by molar-refractivity contribution is 0.0985. The van der Waals surface area contributed by atoms with Gasteiger partial charge >= 0.3 is 0 Å². The van der Waals surface area contributed by atoms with Crippen LogP contribution < -0.4 is 5.73 Å². The summed E-state index contributed by atoms with van der Waals surface area (Å²) in [6.07, 6.45) is 0.435. The summed E-state index contributed by atoms with van der Waals surface area (Å²) in [4.78, 5) is 11.2. The quantitative estimate of drug-likeness (QED) is 0.728. The zero-order valence-corrected chi connectivity index (χ0v) is 7.51. The number of carbonyl (C=O) groups excluding carboxylic acids is 1. The fraction of sp³-hybridized carbons (Fsp3) is 0.222. The lowest BCUT2D eigenvalue weighted by Gasteiger charge is -1.96. The third-order valence-electron chi connectivity index (χ3n) is 1.47. The largest absolute Gasteiger partial charge is 0.330 e. The normalized spacial score (nSPS) is 8.75. The van der Waals surface area contributed by atoms with Crippen molar-refractivity contribution in [1.82, 2.24) is 0 Å². The maximum atomic E-state index is 11.2. The molecule has 0 saturated carbocycles. The molecule has 1 aromatic carbocycles. The van der Waals surface area contributed by atoms with Gasteiger partial charge in [0, 0.05) is 12.0 Å². The van der Waals surface area contributed by atoms with Gasteiger partial charge in [0.1, 0.15) is 0 Å². The molecule has 1 aromatic rings. The fourth-order valence-corrected chi connectivity index (χ4v) is 0.899. The SMILES string of the molecule is Cl.NCCC(=O)c1ccccc1. The third kappa shape index (κ3) is 3.03. The molecule has 3 heteroatoms. The van der Waals surface area contributed by atoms with E-state index in [0.717, 1.165) is 5.56 Å². The van der Waals surface area contributed by atoms with Gasteiger partial charge in [-0.3, -0.25) is 4.79 Å². The summed E-state index contributed by atoms with van der Waals surface area (Å²) in [5, 5.41) is 0. The van der Waals surface area contributed by atoms with Crippen molar-refractivity contribution in [3.63, 3.8) is 0 Å². The molecule has 1 rings (SSSR count). The molecule has 0 aliphatic heterocycles. The van der Waals surface area contributed by atoms with E-state index in [1.807, 2.05) is 18.2 Å². The van der Waals surface area contributed by atoms with Crippen molar-refractivity contribution in [3.8, 4) is 0 Å². The number of ketones is 1. The van der Waals surface area contributed by atoms with Crippen molar-refractivity contribution in [2.24, 2.45) is 5.73 Å². The van der Waals surface area contributed by atoms with Crippen molar-refractivity contribution in [1.29, 1.82) is 0 Å². The molecular formula is C9H12ClNO. The number of carbonyl (C=O) groups is 1. The van der Waals surface area contributed by atoms with Crippen LogP contribution in [0.25, 0.3) is 0 Å². The maximum Gasteiger partial charge on any atom is 0.164 e. The number of benzene rings is 1. The molecule has 0 saturated heterocycles. The van der Waals surface area contributed by atoms with Gasteiger partial charge in [-0.15, -0.1) is 12.4 Å². The molecule has 2 N–H and O–H groups in total. The van der Waals surface area contributed by atoms with Crippen LogP contribution in [0.4, 0.5) is 0 Å². The van der Waals surface area contributed by atoms with E-state index in [9.17, 15) is 4.79 Å². The van der Waals surface area contributed by atoms with Gasteiger partial charge in [0.2, 0.25) is 0 Å². The Bertz CT molecular complexity index is 236. The molecule has 12 heavy (non-hydrogen) atoms. The number of hydrogen-bond donors (Lipinski definition) is 1. The molecule has 0 spiro atoms. The molecule has 0 aliphatic rings. The average Bonchev–Trinajstić information content (AvgIpc) is 2.07. The van der Waals surface area contributed by atoms with Crippen LogP contribution in [0.5, 0.6) is 0 Å². The van der Waals surface area contributed by atoms with Gasteiger partial charge in [-0.1, -0.05) is 30.3 Å². The highest BCUT2D eigenvalue weighted by Gasteiger charge is 2.01. The van der Waals surface area contributed by atoms with Gasteiger partial charge in [-0.05, 0) is 6.54 Å². The first-order chi connectivity index (χ1) is 5.34. The first-order valence-electron chi connectivity index (χ1n) is 3.63. The Hall–Kier alpha value is -0.860. The van der Waals surface area contributed by atoms with Crippen LogP contribution in [0.1, 0.15) is 16.8 Å². The lowest BCUT2D eigenvalue weighted by Crippen LogP contribution is -2.07. The fourth-order valence-electron chi connectivity index (χ4n) is 0.899. The van der Waals surface area contributed by atoms with E-state index in [1.54, 1.807) is 12.1 Å². The Morgan fingerprint density at radius 1 is 1.25 bits per heavy atom. The molecule has 0 fully saturated rings. The van der Waals surface area contributed by atoms with E-state index in [2.05, 4.69) is 0 Å². The summed E-state index contributed by atoms with van der Waals surface area (Å²) >= 11 is 0. The summed E-state index contributed by atoms with van der Waals surface area (Å²) in [5.41, 5.74) is 5.99. The van der Waals surface area contributed by atoms with E-state index in [4.69, 9.17) is 5.73 Å². The molecule has 0 heterocycles. The van der Waals surface area contributed by atoms with Gasteiger partial charge in [0.25, 0.3) is 0 Å². The zero-order valence-electron chi connectivity index (χ0n) is 6.69. The minimum Gasteiger partial charge on any atom is -0.330 e. The number of nitrogens with two attached hydrogens (primary N) is 1. The van der Waals surface area contributed by atoms with Gasteiger partial charge < -0.3 is 5.73 Å². The minimum absolute atomic E-state index is 0. The molecule has 0 unspecified atom stereocenters. The predicted molar refractivity (Wildman–Crippen MR) is 51.7 cm³/mol. The highest BCUT2D eigenvalue weighted by Crippen LogP contribution is 2.01. The summed E-state index contributed by atoms with van der Waals surface area (Å²) in [6.45, 7) is 0.424. The lowest BCUT2D eigenvalue weighted by atomic mass is 10.1. The number of Topliss-reactive ketones (excluding diaryl/α,β-unsaturated/α-hetero) is 1. The Labute approximate surface area is 78.2 Å². The Morgan fingerprint density at radius 2 is 1.83 bits per heavy atom. The second-order valence-electron chi connectivity index (χ2n) is 2.33. The molecule has 0 aromatic heterocycles. The van der Waals surface area contributed by atoms with E-state index in [-0.39, 0.29) is 18.2 Å². The summed E-state index contributed by atoms with van der Waals surface area (Å²) in [7, 11) is 0. The second-order valence-corrected chi connectivity index (χ2v) is 2.33. The molecule has 2 nitrogen and oxygen atoms in total. The molecular weight excluding hydrogens is 174 g/mol. The van der Waals surface area contributed by atoms with Crippen molar-refractivity contribution < 1.29 is 4.79 Å². The van der Waals surface area contributed by atoms with Crippen LogP contribution in [0, 0.1) is 0 Å². The topological polar surface area (TPSA) is 43.1 Å². The highest BCUT2D eigenvalue weighted by atomic mass is 35.5. The number of halogens is 1. The van der Waals surface area contributed by atoms with E-state index >= 15 is 0 Å². The Morgan fingerprint density at radius 3 is 2.33 bits per heavy atom. The van der Waals surface area contributed by atoms with Gasteiger partial charge in [0.15, 0.2) is 5.78 Å². The van der Waals surface area contributed by atoms with Crippen molar-refractivity contribution in [2.45, 2.75) is 6.42 Å². The summed E-state index contributed by atoms with van der Waals surface area (Å²) in [5.74, 6) is 0.119. The highest BCUT2D eigenvalue weighted by molar-refractivity contribution is 5.96. The van der Waals surface area contributed by atoms with Gasteiger partial charge in [-0.25, -0.2) is 0 Å². The molecule has 66 valence electrons. The van der Waals surface area contributed by atoms with Crippen LogP contribution >= 0.6 is 12.4 Å². The second kappa shape index (κ2) is 5.75. The number of hydrogen-bond acceptors (Lipinski definition) is 2. The van der Waals surface area contributed by atoms with Crippen molar-refractivity contribution in [3.05, 3.63) is 35.9 Å². The van der Waals surface area contributed by atoms with Crippen LogP contribution in [0.15, 0.2) is 30.3 Å². The third-order valence-corrected chi connectivity index (χ3v) is 1.47. The van der Waals surface area contributed by atoms with Crippen LogP contribution in [0.2, 0.25) is 0 Å². The predicted octanol–water partition coefficient (Wildman–Crippen LogP) is 1.64. The smallest absolute Gasteiger partial charge is 0.164 e. The van der Waals surface area contributed by atoms with E-state index in [1.165, 1.54) is 0 Å². The Balaban J connectivity index is 0.00000121. The standard InChI is InChI=1S/C9H11NO.ClH/c10-7-6-9(11)8-4-2-1-3-5-8;/h1-5H,6-7,10H2;1H. The first kappa shape index (κ1) is 11.1. The van der Waals surface area contributed by atoms with Crippen molar-refractivity contribution in [2.75, 3.05) is 6.54 Å². The Kier molecular flexibility index (Phi) is 5.34. The molecule has 0 aliphatic carbocycles. The van der Waals surface area contributed by atoms with Crippen LogP contribution in [-0.4, -0.2) is 12.3 Å². The monoisotopic (exact) mass is 185 g/mol. The average molecular weight is 186 g/mol. The molecule has 0 amide bonds. The minimum atomic E-state index is 0. The molecule has 0 bridgehead atoms. The van der Waals surface area contributed by atoms with Crippen LogP contribution in [0.3, 0.4) is 0 Å². The maximum absolute atomic E-state index is 11.2.